The Kier molecular flexibility index (Phi) is 9.61. The van der Waals surface area contributed by atoms with E-state index >= 15 is 0 Å². The Morgan fingerprint density at radius 3 is 2.82 bits per heavy atom. The Balaban J connectivity index is 1.50. The van der Waals surface area contributed by atoms with Gasteiger partial charge in [0.05, 0.1) is 24.7 Å². The summed E-state index contributed by atoms with van der Waals surface area (Å²) in [6.07, 6.45) is 10.8. The second-order valence-corrected chi connectivity index (χ2v) is 12.0. The topological polar surface area (TPSA) is 122 Å². The highest BCUT2D eigenvalue weighted by molar-refractivity contribution is 8.01. The van der Waals surface area contributed by atoms with Crippen LogP contribution in [-0.2, 0) is 12.8 Å². The van der Waals surface area contributed by atoms with Gasteiger partial charge in [0.25, 0.3) is 0 Å². The largest absolute Gasteiger partial charge is 0.474 e. The van der Waals surface area contributed by atoms with Crippen molar-refractivity contribution in [2.45, 2.75) is 83.2 Å². The molecule has 39 heavy (non-hydrogen) atoms. The van der Waals surface area contributed by atoms with Crippen molar-refractivity contribution in [3.63, 3.8) is 0 Å². The van der Waals surface area contributed by atoms with E-state index in [4.69, 9.17) is 18.3 Å². The minimum absolute atomic E-state index is 0.0445. The van der Waals surface area contributed by atoms with Gasteiger partial charge in [-0.25, -0.2) is 9.78 Å². The predicted octanol–water partition coefficient (Wildman–Crippen LogP) is 5.24. The molecule has 10 heteroatoms. The van der Waals surface area contributed by atoms with Crippen LogP contribution in [0.5, 0.6) is 5.88 Å². The summed E-state index contributed by atoms with van der Waals surface area (Å²) >= 11 is 1.03. The van der Waals surface area contributed by atoms with Gasteiger partial charge in [-0.05, 0) is 86.3 Å². The normalized spacial score (nSPS) is 19.6. The van der Waals surface area contributed by atoms with E-state index < -0.39 is 5.31 Å². The van der Waals surface area contributed by atoms with Crippen LogP contribution in [0.15, 0.2) is 40.5 Å². The zero-order chi connectivity index (χ0) is 28.0. The Labute approximate surface area is 236 Å². The number of aliphatic hydroxyl groups is 1. The number of anilines is 1. The number of aliphatic imine (C=N–C) groups is 1. The second kappa shape index (κ2) is 12.9. The lowest BCUT2D eigenvalue weighted by atomic mass is 9.73. The van der Waals surface area contributed by atoms with Crippen LogP contribution >= 0.6 is 11.9 Å². The van der Waals surface area contributed by atoms with Crippen molar-refractivity contribution in [3.8, 4) is 17.0 Å². The van der Waals surface area contributed by atoms with Gasteiger partial charge in [-0.2, -0.15) is 0 Å². The molecule has 2 amide bonds. The van der Waals surface area contributed by atoms with Gasteiger partial charge in [-0.1, -0.05) is 25.2 Å². The fourth-order valence-electron chi connectivity index (χ4n) is 5.06. The van der Waals surface area contributed by atoms with Gasteiger partial charge < -0.3 is 20.9 Å². The zero-order valence-electron chi connectivity index (χ0n) is 23.0. The molecule has 5 N–H and O–H groups in total. The molecular formula is C29H38BN5O3S. The fourth-order valence-corrected chi connectivity index (χ4v) is 5.45. The van der Waals surface area contributed by atoms with E-state index in [2.05, 4.69) is 33.0 Å². The van der Waals surface area contributed by atoms with Gasteiger partial charge in [0, 0.05) is 42.5 Å². The van der Waals surface area contributed by atoms with Gasteiger partial charge in [-0.3, -0.25) is 9.71 Å². The SMILES string of the molecule is [B]C(C)(C)CN=C/C=C(\N)SNC(=O)Nc1c2c(cc(C)c1-c1ccnc(OC3CCC(O)CC3)c1)CCC2. The molecule has 2 aromatic rings. The smallest absolute Gasteiger partial charge is 0.329 e. The van der Waals surface area contributed by atoms with Crippen LogP contribution in [-0.4, -0.2) is 48.9 Å². The lowest BCUT2D eigenvalue weighted by Gasteiger charge is -2.26. The molecule has 0 aliphatic heterocycles. The summed E-state index contributed by atoms with van der Waals surface area (Å²) in [4.78, 5) is 21.7. The number of aryl methyl sites for hydroxylation is 2. The fraction of sp³-hybridized carbons (Fsp3) is 0.483. The Hall–Kier alpha value is -2.98. The minimum Gasteiger partial charge on any atom is -0.474 e. The number of hydrogen-bond donors (Lipinski definition) is 4. The van der Waals surface area contributed by atoms with Gasteiger partial charge in [0.2, 0.25) is 5.88 Å². The highest BCUT2D eigenvalue weighted by Crippen LogP contribution is 2.41. The quantitative estimate of drug-likeness (QED) is 0.194. The summed E-state index contributed by atoms with van der Waals surface area (Å²) in [6, 6.07) is 5.75. The van der Waals surface area contributed by atoms with Crippen molar-refractivity contribution in [1.29, 1.82) is 0 Å². The Morgan fingerprint density at radius 1 is 1.31 bits per heavy atom. The van der Waals surface area contributed by atoms with Gasteiger partial charge in [-0.15, -0.1) is 0 Å². The van der Waals surface area contributed by atoms with Crippen LogP contribution in [0.4, 0.5) is 10.5 Å². The van der Waals surface area contributed by atoms with Crippen molar-refractivity contribution in [2.75, 3.05) is 11.9 Å². The maximum Gasteiger partial charge on any atom is 0.329 e. The summed E-state index contributed by atoms with van der Waals surface area (Å²) in [5.41, 5.74) is 12.2. The number of nitrogens with zero attached hydrogens (tertiary/aromatic N) is 2. The number of allylic oxidation sites excluding steroid dienone is 1. The number of carbonyl (C=O) groups excluding carboxylic acids is 1. The molecule has 206 valence electrons. The average molecular weight is 548 g/mol. The average Bonchev–Trinajstić information content (AvgIpc) is 3.35. The van der Waals surface area contributed by atoms with Crippen LogP contribution in [0.1, 0.15) is 62.6 Å². The summed E-state index contributed by atoms with van der Waals surface area (Å²) in [6.45, 7) is 6.34. The van der Waals surface area contributed by atoms with Gasteiger partial charge in [0.15, 0.2) is 0 Å². The second-order valence-electron chi connectivity index (χ2n) is 11.1. The molecule has 1 saturated carbocycles. The first kappa shape index (κ1) is 29.0. The maximum absolute atomic E-state index is 13.0. The number of fused-ring (bicyclic) bond motifs is 1. The molecule has 0 bridgehead atoms. The van der Waals surface area contributed by atoms with Crippen LogP contribution in [0.25, 0.3) is 11.1 Å². The molecule has 1 heterocycles. The monoisotopic (exact) mass is 547 g/mol. The number of aromatic nitrogens is 1. The molecule has 0 atom stereocenters. The van der Waals surface area contributed by atoms with E-state index in [1.165, 1.54) is 5.56 Å². The number of aliphatic hydroxyl groups excluding tert-OH is 1. The van der Waals surface area contributed by atoms with E-state index in [1.807, 2.05) is 26.0 Å². The molecule has 0 unspecified atom stereocenters. The molecular weight excluding hydrogens is 509 g/mol. The zero-order valence-corrected chi connectivity index (χ0v) is 23.8. The number of nitrogens with one attached hydrogen (secondary N) is 2. The van der Waals surface area contributed by atoms with E-state index in [-0.39, 0.29) is 18.2 Å². The number of benzene rings is 1. The minimum atomic E-state index is -0.392. The molecule has 2 aliphatic carbocycles. The van der Waals surface area contributed by atoms with E-state index in [1.54, 1.807) is 18.5 Å². The molecule has 1 aromatic heterocycles. The van der Waals surface area contributed by atoms with Gasteiger partial charge >= 0.3 is 6.03 Å². The number of pyridine rings is 1. The van der Waals surface area contributed by atoms with Crippen LogP contribution in [0.2, 0.25) is 5.31 Å². The molecule has 1 fully saturated rings. The number of ether oxygens (including phenoxy) is 1. The van der Waals surface area contributed by atoms with Gasteiger partial charge in [0.1, 0.15) is 6.10 Å². The molecule has 8 nitrogen and oxygen atoms in total. The van der Waals surface area contributed by atoms with Crippen molar-refractivity contribution < 1.29 is 14.6 Å². The van der Waals surface area contributed by atoms with E-state index in [9.17, 15) is 9.90 Å². The first-order chi connectivity index (χ1) is 18.6. The van der Waals surface area contributed by atoms with Crippen molar-refractivity contribution in [1.82, 2.24) is 9.71 Å². The number of rotatable bonds is 9. The van der Waals surface area contributed by atoms with E-state index in [0.29, 0.717) is 17.5 Å². The van der Waals surface area contributed by atoms with Crippen LogP contribution in [0.3, 0.4) is 0 Å². The Morgan fingerprint density at radius 2 is 2.08 bits per heavy atom. The third kappa shape index (κ3) is 8.26. The number of carbonyl (C=O) groups is 1. The number of hydrogen-bond acceptors (Lipinski definition) is 7. The molecule has 2 radical (unpaired) electrons. The molecule has 2 aliphatic rings. The van der Waals surface area contributed by atoms with E-state index in [0.717, 1.165) is 84.8 Å². The summed E-state index contributed by atoms with van der Waals surface area (Å²) in [7, 11) is 5.93. The van der Waals surface area contributed by atoms with Crippen molar-refractivity contribution >= 4 is 37.7 Å². The van der Waals surface area contributed by atoms with Crippen LogP contribution in [0, 0.1) is 6.92 Å². The number of urea groups is 1. The highest BCUT2D eigenvalue weighted by atomic mass is 32.2. The molecule has 4 rings (SSSR count). The summed E-state index contributed by atoms with van der Waals surface area (Å²) in [5, 5.41) is 12.9. The standard InChI is InChI=1S/C29H38BN5O3S/c1-18-15-19-5-4-6-23(19)27(34-28(37)35-39-24(31)12-13-32-17-29(2,3)30)26(18)20-11-14-33-25(16-20)38-22-9-7-21(36)8-10-22/h11-16,21-22,36H,4-10,17,31H2,1-3H3,(H2,34,35,37)/b24-12+,32-13?. The lowest BCUT2D eigenvalue weighted by molar-refractivity contribution is 0.0644. The first-order valence-corrected chi connectivity index (χ1v) is 14.4. The highest BCUT2D eigenvalue weighted by Gasteiger charge is 2.24. The third-order valence-electron chi connectivity index (χ3n) is 6.90. The maximum atomic E-state index is 13.0. The number of amides is 2. The van der Waals surface area contributed by atoms with Crippen LogP contribution < -0.4 is 20.5 Å². The predicted molar refractivity (Wildman–Crippen MR) is 160 cm³/mol. The first-order valence-electron chi connectivity index (χ1n) is 13.5. The van der Waals surface area contributed by atoms with Crippen molar-refractivity contribution in [2.24, 2.45) is 10.7 Å². The Bertz CT molecular complexity index is 1240. The summed E-state index contributed by atoms with van der Waals surface area (Å²) in [5.74, 6) is 0.553. The molecule has 0 spiro atoms. The molecule has 0 saturated heterocycles. The number of nitrogens with two attached hydrogens (primary N) is 1. The molecule has 1 aromatic carbocycles. The lowest BCUT2D eigenvalue weighted by Crippen LogP contribution is -2.26. The summed E-state index contributed by atoms with van der Waals surface area (Å²) < 4.78 is 8.96. The van der Waals surface area contributed by atoms with Crippen molar-refractivity contribution in [3.05, 3.63) is 52.2 Å². The third-order valence-corrected chi connectivity index (χ3v) is 7.55.